The van der Waals surface area contributed by atoms with E-state index in [9.17, 15) is 18.8 Å². The fourth-order valence-electron chi connectivity index (χ4n) is 6.89. The lowest BCUT2D eigenvalue weighted by Gasteiger charge is -2.37. The van der Waals surface area contributed by atoms with Gasteiger partial charge in [0.1, 0.15) is 23.0 Å². The highest BCUT2D eigenvalue weighted by Gasteiger charge is 2.71. The third kappa shape index (κ3) is 3.16. The van der Waals surface area contributed by atoms with Gasteiger partial charge in [0, 0.05) is 28.3 Å². The fourth-order valence-corrected chi connectivity index (χ4v) is 6.89. The number of rotatable bonds is 4. The summed E-state index contributed by atoms with van der Waals surface area (Å²) in [5.41, 5.74) is 1.73. The zero-order valence-corrected chi connectivity index (χ0v) is 21.6. The van der Waals surface area contributed by atoms with E-state index >= 15 is 0 Å². The predicted molar refractivity (Wildman–Crippen MR) is 150 cm³/mol. The van der Waals surface area contributed by atoms with Crippen molar-refractivity contribution < 1.29 is 23.5 Å². The second-order valence-corrected chi connectivity index (χ2v) is 10.4. The van der Waals surface area contributed by atoms with E-state index in [1.807, 2.05) is 41.3 Å². The van der Waals surface area contributed by atoms with Gasteiger partial charge in [-0.1, -0.05) is 66.7 Å². The number of carbonyl (C=O) groups is 3. The molecule has 7 rings (SSSR count). The molecule has 0 radical (unpaired) electrons. The largest absolute Gasteiger partial charge is 0.497 e. The van der Waals surface area contributed by atoms with Gasteiger partial charge in [-0.2, -0.15) is 0 Å². The zero-order valence-electron chi connectivity index (χ0n) is 21.6. The molecule has 4 aromatic carbocycles. The molecule has 0 amide bonds. The van der Waals surface area contributed by atoms with Crippen LogP contribution in [-0.2, 0) is 0 Å². The van der Waals surface area contributed by atoms with E-state index in [0.717, 1.165) is 11.3 Å². The van der Waals surface area contributed by atoms with Crippen LogP contribution in [0.2, 0.25) is 0 Å². The lowest BCUT2D eigenvalue weighted by atomic mass is 9.64. The number of hydrogen-bond donors (Lipinski definition) is 0. The van der Waals surface area contributed by atoms with Gasteiger partial charge in [0.05, 0.1) is 13.2 Å². The molecule has 1 fully saturated rings. The van der Waals surface area contributed by atoms with Gasteiger partial charge < -0.3 is 9.64 Å². The van der Waals surface area contributed by atoms with Crippen molar-refractivity contribution in [3.63, 3.8) is 0 Å². The van der Waals surface area contributed by atoms with Crippen molar-refractivity contribution in [3.05, 3.63) is 137 Å². The van der Waals surface area contributed by atoms with Crippen molar-refractivity contribution in [2.45, 2.75) is 18.0 Å². The van der Waals surface area contributed by atoms with Crippen LogP contribution in [-0.4, -0.2) is 36.5 Å². The summed E-state index contributed by atoms with van der Waals surface area (Å²) in [6.45, 7) is 0. The molecule has 3 atom stereocenters. The van der Waals surface area contributed by atoms with Gasteiger partial charge in [-0.15, -0.1) is 0 Å². The van der Waals surface area contributed by atoms with Gasteiger partial charge in [-0.3, -0.25) is 14.4 Å². The molecule has 0 N–H and O–H groups in total. The SMILES string of the molecule is COc1ccc(C(=O)[C@H]2[C@H](c3ccc(F)cc3)C3(C(=O)c4ccccc4C3=O)[C@@H]3C=Cc4ccccc4N32)cc1. The summed E-state index contributed by atoms with van der Waals surface area (Å²) in [6.07, 6.45) is 3.80. The number of anilines is 1. The normalized spacial score (nSPS) is 21.8. The highest BCUT2D eigenvalue weighted by Crippen LogP contribution is 2.60. The first kappa shape index (κ1) is 24.2. The first-order chi connectivity index (χ1) is 19.5. The molecule has 0 bridgehead atoms. The number of ketones is 3. The molecule has 0 unspecified atom stereocenters. The van der Waals surface area contributed by atoms with Gasteiger partial charge in [0.15, 0.2) is 17.3 Å². The van der Waals surface area contributed by atoms with Crippen molar-refractivity contribution in [2.24, 2.45) is 5.41 Å². The number of fused-ring (bicyclic) bond motifs is 5. The van der Waals surface area contributed by atoms with Crippen molar-refractivity contribution in [2.75, 3.05) is 12.0 Å². The molecule has 196 valence electrons. The lowest BCUT2D eigenvalue weighted by molar-refractivity contribution is 0.0666. The molecule has 6 heteroatoms. The molecule has 2 heterocycles. The minimum Gasteiger partial charge on any atom is -0.497 e. The average Bonchev–Trinajstić information content (AvgIpc) is 3.43. The summed E-state index contributed by atoms with van der Waals surface area (Å²) in [5, 5.41) is 0. The molecule has 2 aliphatic heterocycles. The quantitative estimate of drug-likeness (QED) is 0.234. The zero-order chi connectivity index (χ0) is 27.6. The van der Waals surface area contributed by atoms with E-state index in [1.165, 1.54) is 12.1 Å². The standard InChI is InChI=1S/C34H24FNO4/c1-40-24-17-12-22(13-18-24)31(37)30-29(21-10-15-23(35)16-11-21)34(32(38)25-7-3-4-8-26(25)33(34)39)28-19-14-20-6-2-5-9-27(20)36(28)30/h2-19,28-30H,1H3/t28-,29-,30+/m0/s1. The Morgan fingerprint density at radius 1 is 0.825 bits per heavy atom. The van der Waals surface area contributed by atoms with Crippen LogP contribution in [0.1, 0.15) is 48.1 Å². The maximum atomic E-state index is 14.6. The van der Waals surface area contributed by atoms with Gasteiger partial charge in [0.25, 0.3) is 0 Å². The number of nitrogens with zero attached hydrogens (tertiary/aromatic N) is 1. The average molecular weight is 530 g/mol. The molecule has 1 spiro atoms. The van der Waals surface area contributed by atoms with E-state index in [-0.39, 0.29) is 17.3 Å². The summed E-state index contributed by atoms with van der Waals surface area (Å²) in [6, 6.07) is 25.5. The summed E-state index contributed by atoms with van der Waals surface area (Å²) >= 11 is 0. The lowest BCUT2D eigenvalue weighted by Crippen LogP contribution is -2.48. The number of carbonyl (C=O) groups excluding carboxylic acids is 3. The Kier molecular flexibility index (Phi) is 5.36. The summed E-state index contributed by atoms with van der Waals surface area (Å²) in [5.74, 6) is -1.58. The van der Waals surface area contributed by atoms with E-state index in [2.05, 4.69) is 0 Å². The number of methoxy groups -OCH3 is 1. The molecule has 3 aliphatic rings. The van der Waals surface area contributed by atoms with Crippen LogP contribution < -0.4 is 9.64 Å². The van der Waals surface area contributed by atoms with Crippen molar-refractivity contribution in [1.29, 1.82) is 0 Å². The van der Waals surface area contributed by atoms with Crippen molar-refractivity contribution >= 4 is 29.1 Å². The van der Waals surface area contributed by atoms with Crippen LogP contribution in [0.25, 0.3) is 6.08 Å². The second-order valence-electron chi connectivity index (χ2n) is 10.4. The predicted octanol–water partition coefficient (Wildman–Crippen LogP) is 6.15. The fraction of sp³-hybridized carbons (Fsp3) is 0.147. The van der Waals surface area contributed by atoms with Crippen LogP contribution in [0.4, 0.5) is 10.1 Å². The third-order valence-corrected chi connectivity index (χ3v) is 8.59. The molecule has 40 heavy (non-hydrogen) atoms. The highest BCUT2D eigenvalue weighted by atomic mass is 19.1. The Morgan fingerprint density at radius 3 is 2.10 bits per heavy atom. The minimum absolute atomic E-state index is 0.236. The second kappa shape index (κ2) is 8.85. The van der Waals surface area contributed by atoms with Crippen molar-refractivity contribution in [1.82, 2.24) is 0 Å². The molecule has 0 saturated carbocycles. The molecule has 5 nitrogen and oxygen atoms in total. The molecular formula is C34H24FNO4. The van der Waals surface area contributed by atoms with Gasteiger partial charge in [-0.05, 0) is 53.6 Å². The topological polar surface area (TPSA) is 63.7 Å². The first-order valence-electron chi connectivity index (χ1n) is 13.1. The number of ether oxygens (including phenoxy) is 1. The smallest absolute Gasteiger partial charge is 0.185 e. The van der Waals surface area contributed by atoms with Crippen LogP contribution in [0.15, 0.2) is 103 Å². The molecule has 4 aromatic rings. The van der Waals surface area contributed by atoms with Crippen LogP contribution in [0.5, 0.6) is 5.75 Å². The van der Waals surface area contributed by atoms with Gasteiger partial charge in [0.2, 0.25) is 0 Å². The summed E-state index contributed by atoms with van der Waals surface area (Å²) in [7, 11) is 1.55. The van der Waals surface area contributed by atoms with E-state index in [0.29, 0.717) is 28.0 Å². The van der Waals surface area contributed by atoms with E-state index in [1.54, 1.807) is 67.8 Å². The Bertz CT molecular complexity index is 1690. The Balaban J connectivity index is 1.52. The van der Waals surface area contributed by atoms with E-state index < -0.39 is 29.2 Å². The number of para-hydroxylation sites is 1. The third-order valence-electron chi connectivity index (χ3n) is 8.59. The molecule has 1 saturated heterocycles. The Morgan fingerprint density at radius 2 is 1.45 bits per heavy atom. The minimum atomic E-state index is -1.61. The summed E-state index contributed by atoms with van der Waals surface area (Å²) < 4.78 is 19.5. The maximum absolute atomic E-state index is 14.6. The number of halogens is 1. The Labute approximate surface area is 230 Å². The highest BCUT2D eigenvalue weighted by molar-refractivity contribution is 6.32. The first-order valence-corrected chi connectivity index (χ1v) is 13.1. The number of benzene rings is 4. The molecule has 1 aliphatic carbocycles. The number of hydrogen-bond acceptors (Lipinski definition) is 5. The number of Topliss-reactive ketones (excluding diaryl/α,β-unsaturated/α-hetero) is 3. The van der Waals surface area contributed by atoms with Crippen LogP contribution >= 0.6 is 0 Å². The van der Waals surface area contributed by atoms with Gasteiger partial charge >= 0.3 is 0 Å². The van der Waals surface area contributed by atoms with Crippen LogP contribution in [0.3, 0.4) is 0 Å². The molecule has 0 aromatic heterocycles. The summed E-state index contributed by atoms with van der Waals surface area (Å²) in [4.78, 5) is 45.6. The van der Waals surface area contributed by atoms with E-state index in [4.69, 9.17) is 4.74 Å². The van der Waals surface area contributed by atoms with Gasteiger partial charge in [-0.25, -0.2) is 4.39 Å². The van der Waals surface area contributed by atoms with Crippen LogP contribution in [0, 0.1) is 11.2 Å². The maximum Gasteiger partial charge on any atom is 0.185 e. The van der Waals surface area contributed by atoms with Crippen molar-refractivity contribution in [3.8, 4) is 5.75 Å². The Hall–Kier alpha value is -4.84. The monoisotopic (exact) mass is 529 g/mol. The molecular weight excluding hydrogens is 505 g/mol.